The minimum Gasteiger partial charge on any atom is -0.469 e. The Hall–Kier alpha value is -4.51. The molecule has 3 aromatic carbocycles. The molecule has 5 heteroatoms. The standard InChI is InChI=1S/C32H29N3O2/c1-22-13-15-25(16-14-22)29-20-28(24-9-5-3-6-10-24)19-27(29)17-18-33-30(36)21-37-32-31(23(2)34-35-32)26-11-7-4-8-12-26/h3-20,28,31H,21H2,1-2H3,(H,33,36)/b18-17+. The third-order valence-corrected chi connectivity index (χ3v) is 6.53. The van der Waals surface area contributed by atoms with E-state index in [-0.39, 0.29) is 24.3 Å². The Labute approximate surface area is 217 Å². The molecule has 0 aromatic heterocycles. The van der Waals surface area contributed by atoms with Gasteiger partial charge in [0.15, 0.2) is 6.61 Å². The number of hydrogen-bond donors (Lipinski definition) is 1. The molecule has 1 aliphatic carbocycles. The zero-order chi connectivity index (χ0) is 25.6. The molecule has 5 nitrogen and oxygen atoms in total. The van der Waals surface area contributed by atoms with Crippen LogP contribution in [-0.2, 0) is 9.53 Å². The van der Waals surface area contributed by atoms with Crippen molar-refractivity contribution in [1.29, 1.82) is 0 Å². The highest BCUT2D eigenvalue weighted by Crippen LogP contribution is 2.37. The van der Waals surface area contributed by atoms with Crippen molar-refractivity contribution in [1.82, 2.24) is 5.32 Å². The Kier molecular flexibility index (Phi) is 7.22. The molecule has 1 amide bonds. The Balaban J connectivity index is 1.24. The van der Waals surface area contributed by atoms with Gasteiger partial charge in [0.1, 0.15) is 5.92 Å². The van der Waals surface area contributed by atoms with E-state index in [1.807, 2.05) is 49.4 Å². The molecule has 5 rings (SSSR count). The maximum Gasteiger partial charge on any atom is 0.261 e. The van der Waals surface area contributed by atoms with Gasteiger partial charge in [-0.3, -0.25) is 4.79 Å². The van der Waals surface area contributed by atoms with E-state index < -0.39 is 0 Å². The van der Waals surface area contributed by atoms with Gasteiger partial charge in [0.2, 0.25) is 5.90 Å². The van der Waals surface area contributed by atoms with Crippen molar-refractivity contribution in [2.45, 2.75) is 25.7 Å². The summed E-state index contributed by atoms with van der Waals surface area (Å²) in [5.41, 5.74) is 7.70. The van der Waals surface area contributed by atoms with Crippen LogP contribution in [0.2, 0.25) is 0 Å². The zero-order valence-electron chi connectivity index (χ0n) is 21.0. The fourth-order valence-corrected chi connectivity index (χ4v) is 4.59. The number of nitrogens with one attached hydrogen (secondary N) is 1. The van der Waals surface area contributed by atoms with E-state index >= 15 is 0 Å². The van der Waals surface area contributed by atoms with Crippen LogP contribution in [0.25, 0.3) is 5.57 Å². The molecule has 2 aliphatic rings. The third-order valence-electron chi connectivity index (χ3n) is 6.53. The number of rotatable bonds is 7. The first-order chi connectivity index (χ1) is 18.1. The smallest absolute Gasteiger partial charge is 0.261 e. The summed E-state index contributed by atoms with van der Waals surface area (Å²) >= 11 is 0. The van der Waals surface area contributed by atoms with Crippen LogP contribution < -0.4 is 5.32 Å². The molecular formula is C32H29N3O2. The second-order valence-electron chi connectivity index (χ2n) is 9.22. The largest absolute Gasteiger partial charge is 0.469 e. The molecule has 0 bridgehead atoms. The number of carbonyl (C=O) groups is 1. The lowest BCUT2D eigenvalue weighted by Gasteiger charge is -2.14. The summed E-state index contributed by atoms with van der Waals surface area (Å²) in [5, 5.41) is 11.1. The lowest BCUT2D eigenvalue weighted by molar-refractivity contribution is -0.122. The lowest BCUT2D eigenvalue weighted by atomic mass is 9.95. The van der Waals surface area contributed by atoms with Gasteiger partial charge < -0.3 is 10.1 Å². The first-order valence-corrected chi connectivity index (χ1v) is 12.4. The molecule has 0 saturated heterocycles. The van der Waals surface area contributed by atoms with Crippen molar-refractivity contribution in [2.24, 2.45) is 10.2 Å². The Bertz CT molecular complexity index is 1420. The molecule has 3 aromatic rings. The summed E-state index contributed by atoms with van der Waals surface area (Å²) in [6.45, 7) is 3.86. The van der Waals surface area contributed by atoms with E-state index in [9.17, 15) is 4.79 Å². The van der Waals surface area contributed by atoms with E-state index in [4.69, 9.17) is 4.74 Å². The summed E-state index contributed by atoms with van der Waals surface area (Å²) in [7, 11) is 0. The maximum absolute atomic E-state index is 12.6. The van der Waals surface area contributed by atoms with Gasteiger partial charge in [-0.05, 0) is 47.8 Å². The van der Waals surface area contributed by atoms with Crippen LogP contribution in [0.1, 0.15) is 41.0 Å². The van der Waals surface area contributed by atoms with Gasteiger partial charge in [-0.1, -0.05) is 103 Å². The Morgan fingerprint density at radius 2 is 1.54 bits per heavy atom. The monoisotopic (exact) mass is 487 g/mol. The molecule has 0 radical (unpaired) electrons. The number of ether oxygens (including phenoxy) is 1. The Morgan fingerprint density at radius 1 is 0.865 bits per heavy atom. The molecule has 1 aliphatic heterocycles. The fraction of sp³-hybridized carbons (Fsp3) is 0.156. The molecule has 2 unspecified atom stereocenters. The maximum atomic E-state index is 12.6. The lowest BCUT2D eigenvalue weighted by Crippen LogP contribution is -2.27. The van der Waals surface area contributed by atoms with Gasteiger partial charge in [-0.25, -0.2) is 0 Å². The number of allylic oxidation sites excluding steroid dienone is 5. The van der Waals surface area contributed by atoms with E-state index in [2.05, 4.69) is 83.1 Å². The first-order valence-electron chi connectivity index (χ1n) is 12.4. The van der Waals surface area contributed by atoms with E-state index in [0.717, 1.165) is 28.0 Å². The number of benzene rings is 3. The summed E-state index contributed by atoms with van der Waals surface area (Å²) in [6.07, 6.45) is 8.12. The minimum absolute atomic E-state index is 0.137. The van der Waals surface area contributed by atoms with Gasteiger partial charge in [-0.15, -0.1) is 5.10 Å². The van der Waals surface area contributed by atoms with Crippen molar-refractivity contribution in [3.63, 3.8) is 0 Å². The van der Waals surface area contributed by atoms with Gasteiger partial charge in [0, 0.05) is 12.1 Å². The summed E-state index contributed by atoms with van der Waals surface area (Å²) in [4.78, 5) is 12.6. The highest BCUT2D eigenvalue weighted by atomic mass is 16.5. The quantitative estimate of drug-likeness (QED) is 0.424. The third kappa shape index (κ3) is 5.67. The zero-order valence-corrected chi connectivity index (χ0v) is 21.0. The van der Waals surface area contributed by atoms with Crippen LogP contribution in [-0.4, -0.2) is 24.1 Å². The number of hydrogen-bond acceptors (Lipinski definition) is 4. The molecule has 0 saturated carbocycles. The molecule has 0 fully saturated rings. The second kappa shape index (κ2) is 11.0. The van der Waals surface area contributed by atoms with Crippen LogP contribution in [0.5, 0.6) is 0 Å². The van der Waals surface area contributed by atoms with E-state index in [1.54, 1.807) is 6.20 Å². The topological polar surface area (TPSA) is 63.1 Å². The number of aryl methyl sites for hydroxylation is 1. The first kappa shape index (κ1) is 24.2. The van der Waals surface area contributed by atoms with Crippen LogP contribution in [0.3, 0.4) is 0 Å². The van der Waals surface area contributed by atoms with Gasteiger partial charge in [0.25, 0.3) is 5.91 Å². The van der Waals surface area contributed by atoms with Gasteiger partial charge >= 0.3 is 0 Å². The van der Waals surface area contributed by atoms with Crippen molar-refractivity contribution < 1.29 is 9.53 Å². The molecule has 1 N–H and O–H groups in total. The molecular weight excluding hydrogens is 458 g/mol. The van der Waals surface area contributed by atoms with Crippen LogP contribution in [0.4, 0.5) is 0 Å². The average Bonchev–Trinajstić information content (AvgIpc) is 3.52. The highest BCUT2D eigenvalue weighted by Gasteiger charge is 2.28. The van der Waals surface area contributed by atoms with Crippen LogP contribution in [0.15, 0.2) is 125 Å². The molecule has 37 heavy (non-hydrogen) atoms. The van der Waals surface area contributed by atoms with Gasteiger partial charge in [-0.2, -0.15) is 5.10 Å². The van der Waals surface area contributed by atoms with Crippen LogP contribution in [0, 0.1) is 6.92 Å². The minimum atomic E-state index is -0.255. The predicted molar refractivity (Wildman–Crippen MR) is 149 cm³/mol. The Morgan fingerprint density at radius 3 is 2.24 bits per heavy atom. The number of amides is 1. The fourth-order valence-electron chi connectivity index (χ4n) is 4.59. The van der Waals surface area contributed by atoms with Crippen molar-refractivity contribution in [3.05, 3.63) is 137 Å². The van der Waals surface area contributed by atoms with Crippen LogP contribution >= 0.6 is 0 Å². The normalized spacial score (nSPS) is 18.8. The molecule has 0 spiro atoms. The second-order valence-corrected chi connectivity index (χ2v) is 9.22. The molecule has 1 heterocycles. The summed E-state index contributed by atoms with van der Waals surface area (Å²) in [6, 6.07) is 28.8. The number of carbonyl (C=O) groups excluding carboxylic acids is 1. The predicted octanol–water partition coefficient (Wildman–Crippen LogP) is 6.32. The number of nitrogens with zero attached hydrogens (tertiary/aromatic N) is 2. The summed E-state index contributed by atoms with van der Waals surface area (Å²) < 4.78 is 5.76. The summed E-state index contributed by atoms with van der Waals surface area (Å²) in [5.74, 6) is 0.200. The molecule has 184 valence electrons. The van der Waals surface area contributed by atoms with Gasteiger partial charge in [0.05, 0.1) is 5.71 Å². The van der Waals surface area contributed by atoms with Crippen molar-refractivity contribution in [3.8, 4) is 0 Å². The van der Waals surface area contributed by atoms with Crippen molar-refractivity contribution in [2.75, 3.05) is 6.61 Å². The van der Waals surface area contributed by atoms with E-state index in [1.165, 1.54) is 11.1 Å². The SMILES string of the molecule is CC1=NN=C(OCC(=O)N/C=C/C2=CC(c3ccccc3)C=C2c2ccc(C)cc2)C1c1ccccc1. The molecule has 2 atom stereocenters. The van der Waals surface area contributed by atoms with Crippen molar-refractivity contribution >= 4 is 23.1 Å². The average molecular weight is 488 g/mol. The van der Waals surface area contributed by atoms with E-state index in [0.29, 0.717) is 5.90 Å². The highest BCUT2D eigenvalue weighted by molar-refractivity contribution is 6.11.